The molecule has 7 nitrogen and oxygen atoms in total. The smallest absolute Gasteiger partial charge is 0.220 e. The predicted molar refractivity (Wildman–Crippen MR) is 101 cm³/mol. The molecule has 2 aromatic rings. The molecule has 2 rings (SSSR count). The van der Waals surface area contributed by atoms with Crippen molar-refractivity contribution in [2.75, 3.05) is 19.6 Å². The number of pyridine rings is 1. The van der Waals surface area contributed by atoms with Gasteiger partial charge in [-0.3, -0.25) is 5.43 Å². The molecule has 134 valence electrons. The first-order chi connectivity index (χ1) is 11.9. The molecule has 0 radical (unpaired) electrons. The SMILES string of the molecule is COc1cc(OC)nc(SC(/C=N/Nc2ccccn2)C(C)(C)C)n1. The Morgan fingerprint density at radius 2 is 1.84 bits per heavy atom. The molecular formula is C17H23N5O2S. The van der Waals surface area contributed by atoms with Crippen LogP contribution in [0.25, 0.3) is 0 Å². The van der Waals surface area contributed by atoms with E-state index in [0.29, 0.717) is 22.7 Å². The van der Waals surface area contributed by atoms with Gasteiger partial charge in [-0.15, -0.1) is 0 Å². The molecule has 1 atom stereocenters. The van der Waals surface area contributed by atoms with E-state index in [4.69, 9.17) is 9.47 Å². The number of anilines is 1. The van der Waals surface area contributed by atoms with Crippen LogP contribution in [0, 0.1) is 5.41 Å². The van der Waals surface area contributed by atoms with Gasteiger partial charge in [0.1, 0.15) is 5.82 Å². The highest BCUT2D eigenvalue weighted by Crippen LogP contribution is 2.34. The highest BCUT2D eigenvalue weighted by Gasteiger charge is 2.26. The molecule has 0 aliphatic carbocycles. The standard InChI is InChI=1S/C17H23N5O2S/c1-17(2,3)12(11-19-22-13-8-6-7-9-18-13)25-16-20-14(23-4)10-15(21-16)24-5/h6-12H,1-5H3,(H,18,22)/b19-11+. The highest BCUT2D eigenvalue weighted by atomic mass is 32.2. The van der Waals surface area contributed by atoms with Gasteiger partial charge in [0, 0.05) is 12.4 Å². The zero-order chi connectivity index (χ0) is 18.3. The second-order valence-corrected chi connectivity index (χ2v) is 7.35. The molecule has 0 aromatic carbocycles. The van der Waals surface area contributed by atoms with Gasteiger partial charge in [-0.1, -0.05) is 38.6 Å². The summed E-state index contributed by atoms with van der Waals surface area (Å²) in [7, 11) is 3.13. The maximum absolute atomic E-state index is 5.20. The van der Waals surface area contributed by atoms with E-state index in [9.17, 15) is 0 Å². The Kier molecular flexibility index (Phi) is 6.58. The number of ether oxygens (including phenoxy) is 2. The summed E-state index contributed by atoms with van der Waals surface area (Å²) in [5.41, 5.74) is 2.88. The van der Waals surface area contributed by atoms with Gasteiger partial charge in [0.25, 0.3) is 0 Å². The molecule has 2 heterocycles. The summed E-state index contributed by atoms with van der Waals surface area (Å²) in [6.45, 7) is 6.40. The minimum absolute atomic E-state index is 0.0283. The Morgan fingerprint density at radius 1 is 1.16 bits per heavy atom. The molecule has 1 N–H and O–H groups in total. The van der Waals surface area contributed by atoms with Crippen LogP contribution in [0.1, 0.15) is 20.8 Å². The average molecular weight is 361 g/mol. The molecule has 0 fully saturated rings. The van der Waals surface area contributed by atoms with E-state index in [0.717, 1.165) is 0 Å². The van der Waals surface area contributed by atoms with E-state index in [-0.39, 0.29) is 10.7 Å². The van der Waals surface area contributed by atoms with Gasteiger partial charge in [0.15, 0.2) is 5.16 Å². The summed E-state index contributed by atoms with van der Waals surface area (Å²) in [5, 5.41) is 4.91. The van der Waals surface area contributed by atoms with Crippen LogP contribution in [0.5, 0.6) is 11.8 Å². The number of hydrazone groups is 1. The molecule has 8 heteroatoms. The Balaban J connectivity index is 2.15. The van der Waals surface area contributed by atoms with E-state index < -0.39 is 0 Å². The Morgan fingerprint density at radius 3 is 2.36 bits per heavy atom. The molecule has 0 amide bonds. The van der Waals surface area contributed by atoms with Crippen molar-refractivity contribution in [2.45, 2.75) is 31.2 Å². The van der Waals surface area contributed by atoms with Crippen molar-refractivity contribution in [3.63, 3.8) is 0 Å². The number of nitrogens with zero attached hydrogens (tertiary/aromatic N) is 4. The zero-order valence-corrected chi connectivity index (χ0v) is 15.9. The molecule has 25 heavy (non-hydrogen) atoms. The maximum Gasteiger partial charge on any atom is 0.220 e. The van der Waals surface area contributed by atoms with Crippen molar-refractivity contribution in [1.82, 2.24) is 15.0 Å². The Hall–Kier alpha value is -2.35. The number of hydrogen-bond acceptors (Lipinski definition) is 8. The van der Waals surface area contributed by atoms with Crippen LogP contribution in [0.3, 0.4) is 0 Å². The van der Waals surface area contributed by atoms with Gasteiger partial charge < -0.3 is 9.47 Å². The Labute approximate surface area is 152 Å². The maximum atomic E-state index is 5.20. The molecule has 0 saturated carbocycles. The summed E-state index contributed by atoms with van der Waals surface area (Å²) < 4.78 is 10.4. The number of nitrogens with one attached hydrogen (secondary N) is 1. The summed E-state index contributed by atoms with van der Waals surface area (Å²) in [6.07, 6.45) is 3.55. The molecule has 2 aromatic heterocycles. The van der Waals surface area contributed by atoms with Crippen LogP contribution in [0.4, 0.5) is 5.82 Å². The summed E-state index contributed by atoms with van der Waals surface area (Å²) >= 11 is 1.50. The number of methoxy groups -OCH3 is 2. The van der Waals surface area contributed by atoms with E-state index >= 15 is 0 Å². The average Bonchev–Trinajstić information content (AvgIpc) is 2.60. The monoisotopic (exact) mass is 361 g/mol. The quantitative estimate of drug-likeness (QED) is 0.350. The van der Waals surface area contributed by atoms with Crippen LogP contribution in [0.2, 0.25) is 0 Å². The van der Waals surface area contributed by atoms with Crippen molar-refractivity contribution in [2.24, 2.45) is 10.5 Å². The summed E-state index contributed by atoms with van der Waals surface area (Å²) in [6, 6.07) is 7.26. The van der Waals surface area contributed by atoms with Crippen molar-refractivity contribution in [1.29, 1.82) is 0 Å². The van der Waals surface area contributed by atoms with Crippen molar-refractivity contribution in [3.05, 3.63) is 30.5 Å². The first-order valence-corrected chi connectivity index (χ1v) is 8.64. The van der Waals surface area contributed by atoms with Gasteiger partial charge in [-0.25, -0.2) is 4.98 Å². The van der Waals surface area contributed by atoms with E-state index in [1.54, 1.807) is 26.5 Å². The first kappa shape index (κ1) is 19.0. The van der Waals surface area contributed by atoms with Crippen molar-refractivity contribution < 1.29 is 9.47 Å². The van der Waals surface area contributed by atoms with Gasteiger partial charge in [-0.2, -0.15) is 15.1 Å². The molecule has 0 aliphatic heterocycles. The van der Waals surface area contributed by atoms with E-state index in [1.807, 2.05) is 24.4 Å². The lowest BCUT2D eigenvalue weighted by molar-refractivity contribution is 0.364. The van der Waals surface area contributed by atoms with E-state index in [1.165, 1.54) is 11.8 Å². The van der Waals surface area contributed by atoms with Crippen LogP contribution < -0.4 is 14.9 Å². The topological polar surface area (TPSA) is 81.5 Å². The fraction of sp³-hybridized carbons (Fsp3) is 0.412. The zero-order valence-electron chi connectivity index (χ0n) is 15.1. The third kappa shape index (κ3) is 5.90. The van der Waals surface area contributed by atoms with Gasteiger partial charge >= 0.3 is 0 Å². The lowest BCUT2D eigenvalue weighted by Crippen LogP contribution is -2.25. The fourth-order valence-electron chi connectivity index (χ4n) is 1.79. The van der Waals surface area contributed by atoms with Crippen molar-refractivity contribution >= 4 is 23.8 Å². The second-order valence-electron chi connectivity index (χ2n) is 6.24. The van der Waals surface area contributed by atoms with E-state index in [2.05, 4.69) is 46.3 Å². The van der Waals surface area contributed by atoms with Gasteiger partial charge in [0.2, 0.25) is 11.8 Å². The number of rotatable bonds is 7. The van der Waals surface area contributed by atoms with Crippen LogP contribution in [-0.2, 0) is 0 Å². The molecule has 0 aliphatic rings. The highest BCUT2D eigenvalue weighted by molar-refractivity contribution is 8.00. The number of aromatic nitrogens is 3. The lowest BCUT2D eigenvalue weighted by atomic mass is 9.92. The predicted octanol–water partition coefficient (Wildman–Crippen LogP) is 3.49. The van der Waals surface area contributed by atoms with Gasteiger partial charge in [0.05, 0.1) is 25.5 Å². The molecule has 1 unspecified atom stereocenters. The molecule has 0 spiro atoms. The van der Waals surface area contributed by atoms with Crippen LogP contribution >= 0.6 is 11.8 Å². The normalized spacial score (nSPS) is 12.8. The molecule has 0 saturated heterocycles. The van der Waals surface area contributed by atoms with Crippen molar-refractivity contribution in [3.8, 4) is 11.8 Å². The molecular weight excluding hydrogens is 338 g/mol. The largest absolute Gasteiger partial charge is 0.481 e. The fourth-order valence-corrected chi connectivity index (χ4v) is 2.78. The first-order valence-electron chi connectivity index (χ1n) is 7.76. The summed E-state index contributed by atoms with van der Waals surface area (Å²) in [5.74, 6) is 1.62. The lowest BCUT2D eigenvalue weighted by Gasteiger charge is -2.26. The van der Waals surface area contributed by atoms with Gasteiger partial charge in [-0.05, 0) is 17.5 Å². The van der Waals surface area contributed by atoms with Crippen LogP contribution in [0.15, 0.2) is 40.7 Å². The number of hydrogen-bond donors (Lipinski definition) is 1. The number of thioether (sulfide) groups is 1. The van der Waals surface area contributed by atoms with Crippen LogP contribution in [-0.4, -0.2) is 40.6 Å². The minimum Gasteiger partial charge on any atom is -0.481 e. The Bertz CT molecular complexity index is 682. The minimum atomic E-state index is -0.0559. The summed E-state index contributed by atoms with van der Waals surface area (Å²) in [4.78, 5) is 12.9. The third-order valence-electron chi connectivity index (χ3n) is 3.22. The molecule has 0 bridgehead atoms. The second kappa shape index (κ2) is 8.66. The third-order valence-corrected chi connectivity index (χ3v) is 4.69.